The molecule has 0 aliphatic heterocycles. The Morgan fingerprint density at radius 1 is 1.58 bits per heavy atom. The van der Waals surface area contributed by atoms with E-state index in [2.05, 4.69) is 21.5 Å². The maximum Gasteiger partial charge on any atom is 0.158 e. The van der Waals surface area contributed by atoms with Crippen LogP contribution in [0.5, 0.6) is 0 Å². The van der Waals surface area contributed by atoms with Gasteiger partial charge in [-0.2, -0.15) is 5.26 Å². The third-order valence-corrected chi connectivity index (χ3v) is 2.75. The van der Waals surface area contributed by atoms with Gasteiger partial charge in [-0.1, -0.05) is 0 Å². The Morgan fingerprint density at radius 2 is 2.32 bits per heavy atom. The number of nitrogens with one attached hydrogen (secondary N) is 1. The van der Waals surface area contributed by atoms with Gasteiger partial charge in [-0.15, -0.1) is 0 Å². The molecule has 1 aromatic rings. The highest BCUT2D eigenvalue weighted by molar-refractivity contribution is 5.49. The van der Waals surface area contributed by atoms with E-state index < -0.39 is 0 Å². The van der Waals surface area contributed by atoms with E-state index in [1.54, 1.807) is 6.07 Å². The van der Waals surface area contributed by atoms with E-state index in [-0.39, 0.29) is 6.04 Å². The molecule has 104 valence electrons. The molecular weight excluding hydrogens is 244 g/mol. The second kappa shape index (κ2) is 7.51. The molecule has 0 aliphatic rings. The molecular formula is C12H20N6O. The van der Waals surface area contributed by atoms with Crippen molar-refractivity contribution < 1.29 is 4.74 Å². The van der Waals surface area contributed by atoms with Crippen LogP contribution >= 0.6 is 0 Å². The van der Waals surface area contributed by atoms with Gasteiger partial charge in [0, 0.05) is 25.8 Å². The molecule has 7 nitrogen and oxygen atoms in total. The average molecular weight is 264 g/mol. The number of hydrazine groups is 1. The lowest BCUT2D eigenvalue weighted by Crippen LogP contribution is -2.30. The number of hydrogen-bond acceptors (Lipinski definition) is 7. The van der Waals surface area contributed by atoms with Crippen molar-refractivity contribution in [3.8, 4) is 6.07 Å². The van der Waals surface area contributed by atoms with Crippen molar-refractivity contribution >= 4 is 11.6 Å². The topological polar surface area (TPSA) is 100 Å². The fraction of sp³-hybridized carbons (Fsp3) is 0.583. The molecule has 3 N–H and O–H groups in total. The molecule has 0 saturated carbocycles. The molecule has 19 heavy (non-hydrogen) atoms. The highest BCUT2D eigenvalue weighted by Crippen LogP contribution is 2.17. The van der Waals surface area contributed by atoms with E-state index in [1.807, 2.05) is 25.8 Å². The number of nitrogens with zero attached hydrogens (tertiary/aromatic N) is 4. The van der Waals surface area contributed by atoms with Gasteiger partial charge in [0.25, 0.3) is 0 Å². The summed E-state index contributed by atoms with van der Waals surface area (Å²) in [5, 5.41) is 8.74. The first-order valence-electron chi connectivity index (χ1n) is 6.14. The van der Waals surface area contributed by atoms with E-state index in [0.717, 1.165) is 0 Å². The minimum Gasteiger partial charge on any atom is -0.374 e. The number of nitrogen functional groups attached to an aromatic ring is 1. The summed E-state index contributed by atoms with van der Waals surface area (Å²) in [4.78, 5) is 10.5. The van der Waals surface area contributed by atoms with Gasteiger partial charge in [0.1, 0.15) is 18.2 Å². The van der Waals surface area contributed by atoms with Gasteiger partial charge in [-0.25, -0.2) is 15.8 Å². The predicted octanol–water partition coefficient (Wildman–Crippen LogP) is 1.04. The number of hydrogen-bond donors (Lipinski definition) is 2. The summed E-state index contributed by atoms with van der Waals surface area (Å²) < 4.78 is 5.30. The second-order valence-corrected chi connectivity index (χ2v) is 4.13. The van der Waals surface area contributed by atoms with Gasteiger partial charge in [0.05, 0.1) is 12.5 Å². The Morgan fingerprint density at radius 3 is 2.89 bits per heavy atom. The molecule has 0 spiro atoms. The third-order valence-electron chi connectivity index (χ3n) is 2.75. The maximum atomic E-state index is 8.74. The molecule has 1 unspecified atom stereocenters. The molecule has 0 saturated heterocycles. The highest BCUT2D eigenvalue weighted by Gasteiger charge is 2.13. The van der Waals surface area contributed by atoms with Crippen molar-refractivity contribution in [3.05, 3.63) is 11.9 Å². The summed E-state index contributed by atoms with van der Waals surface area (Å²) >= 11 is 0. The number of ether oxygens (including phenoxy) is 1. The van der Waals surface area contributed by atoms with E-state index in [1.165, 1.54) is 0 Å². The number of nitrogens with two attached hydrogens (primary N) is 1. The summed E-state index contributed by atoms with van der Waals surface area (Å²) in [5.41, 5.74) is 2.51. The fourth-order valence-corrected chi connectivity index (χ4v) is 1.49. The molecule has 0 aliphatic carbocycles. The quantitative estimate of drug-likeness (QED) is 0.560. The van der Waals surface area contributed by atoms with E-state index >= 15 is 0 Å². The molecule has 0 amide bonds. The van der Waals surface area contributed by atoms with Crippen molar-refractivity contribution in [3.63, 3.8) is 0 Å². The highest BCUT2D eigenvalue weighted by atomic mass is 16.5. The van der Waals surface area contributed by atoms with Crippen molar-refractivity contribution in [1.82, 2.24) is 9.97 Å². The largest absolute Gasteiger partial charge is 0.374 e. The van der Waals surface area contributed by atoms with E-state index in [9.17, 15) is 0 Å². The van der Waals surface area contributed by atoms with Gasteiger partial charge >= 0.3 is 0 Å². The first kappa shape index (κ1) is 15.1. The number of rotatable bonds is 7. The molecule has 0 bridgehead atoms. The van der Waals surface area contributed by atoms with Crippen LogP contribution in [0.15, 0.2) is 6.07 Å². The van der Waals surface area contributed by atoms with Crippen LogP contribution in [0.3, 0.4) is 0 Å². The van der Waals surface area contributed by atoms with Crippen LogP contribution in [-0.2, 0) is 11.3 Å². The van der Waals surface area contributed by atoms with Crippen molar-refractivity contribution in [2.24, 2.45) is 5.84 Å². The lowest BCUT2D eigenvalue weighted by molar-refractivity contribution is 0.128. The standard InChI is InChI=1S/C12H20N6O/c1-4-19-8-11-15-10(17-14)7-12(16-11)18(3)9(2)5-6-13/h7,9H,4-5,8,14H2,1-3H3,(H,15,16,17). The van der Waals surface area contributed by atoms with Crippen LogP contribution in [-0.4, -0.2) is 29.7 Å². The summed E-state index contributed by atoms with van der Waals surface area (Å²) in [5.74, 6) is 7.19. The molecule has 0 fully saturated rings. The zero-order valence-electron chi connectivity index (χ0n) is 11.6. The average Bonchev–Trinajstić information content (AvgIpc) is 2.44. The minimum atomic E-state index is 0.0606. The van der Waals surface area contributed by atoms with Crippen LogP contribution in [0.25, 0.3) is 0 Å². The Labute approximate surface area is 113 Å². The lowest BCUT2D eigenvalue weighted by Gasteiger charge is -2.24. The van der Waals surface area contributed by atoms with Gasteiger partial charge in [0.15, 0.2) is 5.82 Å². The summed E-state index contributed by atoms with van der Waals surface area (Å²) in [6.07, 6.45) is 0.423. The maximum absolute atomic E-state index is 8.74. The Hall–Kier alpha value is -1.91. The zero-order chi connectivity index (χ0) is 14.3. The van der Waals surface area contributed by atoms with Gasteiger partial charge < -0.3 is 15.1 Å². The Balaban J connectivity index is 2.95. The van der Waals surface area contributed by atoms with Gasteiger partial charge in [-0.05, 0) is 13.8 Å². The number of anilines is 2. The number of aromatic nitrogens is 2. The lowest BCUT2D eigenvalue weighted by atomic mass is 10.2. The Kier molecular flexibility index (Phi) is 5.99. The van der Waals surface area contributed by atoms with E-state index in [0.29, 0.717) is 37.1 Å². The Bertz CT molecular complexity index is 444. The van der Waals surface area contributed by atoms with Crippen molar-refractivity contribution in [2.45, 2.75) is 32.9 Å². The van der Waals surface area contributed by atoms with Gasteiger partial charge in [0.2, 0.25) is 0 Å². The molecule has 1 rings (SSSR count). The minimum absolute atomic E-state index is 0.0606. The fourth-order valence-electron chi connectivity index (χ4n) is 1.49. The number of nitriles is 1. The molecule has 0 aromatic carbocycles. The van der Waals surface area contributed by atoms with Crippen LogP contribution in [0, 0.1) is 11.3 Å². The monoisotopic (exact) mass is 264 g/mol. The summed E-state index contributed by atoms with van der Waals surface area (Å²) in [6, 6.07) is 3.95. The molecule has 7 heteroatoms. The van der Waals surface area contributed by atoms with Crippen LogP contribution < -0.4 is 16.2 Å². The van der Waals surface area contributed by atoms with Crippen LogP contribution in [0.1, 0.15) is 26.1 Å². The summed E-state index contributed by atoms with van der Waals surface area (Å²) in [7, 11) is 1.88. The van der Waals surface area contributed by atoms with Crippen molar-refractivity contribution in [2.75, 3.05) is 24.0 Å². The molecule has 0 radical (unpaired) electrons. The first-order chi connectivity index (χ1) is 9.12. The predicted molar refractivity (Wildman–Crippen MR) is 73.3 cm³/mol. The summed E-state index contributed by atoms with van der Waals surface area (Å²) in [6.45, 7) is 4.80. The normalized spacial score (nSPS) is 11.7. The molecule has 1 heterocycles. The third kappa shape index (κ3) is 4.35. The van der Waals surface area contributed by atoms with E-state index in [4.69, 9.17) is 15.8 Å². The molecule has 1 atom stereocenters. The smallest absolute Gasteiger partial charge is 0.158 e. The van der Waals surface area contributed by atoms with Crippen LogP contribution in [0.4, 0.5) is 11.6 Å². The van der Waals surface area contributed by atoms with Crippen molar-refractivity contribution in [1.29, 1.82) is 5.26 Å². The first-order valence-corrected chi connectivity index (χ1v) is 6.14. The van der Waals surface area contributed by atoms with Gasteiger partial charge in [-0.3, -0.25) is 0 Å². The second-order valence-electron chi connectivity index (χ2n) is 4.13. The molecule has 1 aromatic heterocycles. The SMILES string of the molecule is CCOCc1nc(NN)cc(N(C)C(C)CC#N)n1. The zero-order valence-corrected chi connectivity index (χ0v) is 11.6. The van der Waals surface area contributed by atoms with Crippen LogP contribution in [0.2, 0.25) is 0 Å².